The summed E-state index contributed by atoms with van der Waals surface area (Å²) >= 11 is 0. The number of unbranched alkanes of at least 4 members (excludes halogenated alkanes) is 1. The third-order valence-electron chi connectivity index (χ3n) is 3.50. The molecule has 0 aromatic heterocycles. The van der Waals surface area contributed by atoms with E-state index in [0.717, 1.165) is 6.04 Å². The van der Waals surface area contributed by atoms with E-state index in [1.54, 1.807) is 0 Å². The predicted molar refractivity (Wildman–Crippen MR) is 75.5 cm³/mol. The molecule has 1 heterocycles. The molecule has 0 aromatic carbocycles. The van der Waals surface area contributed by atoms with Crippen molar-refractivity contribution in [3.05, 3.63) is 0 Å². The number of nitrogens with one attached hydrogen (secondary N) is 1. The van der Waals surface area contributed by atoms with Crippen molar-refractivity contribution in [3.63, 3.8) is 0 Å². The molecule has 1 saturated heterocycles. The van der Waals surface area contributed by atoms with Crippen LogP contribution in [0.4, 0.5) is 0 Å². The molecule has 1 fully saturated rings. The Morgan fingerprint density at radius 2 is 2.06 bits per heavy atom. The number of hydrogen-bond acceptors (Lipinski definition) is 3. The summed E-state index contributed by atoms with van der Waals surface area (Å²) in [5.74, 6) is 0. The molecule has 1 unspecified atom stereocenters. The van der Waals surface area contributed by atoms with Gasteiger partial charge in [-0.2, -0.15) is 0 Å². The normalized spacial score (nSPS) is 21.9. The van der Waals surface area contributed by atoms with Crippen LogP contribution in [0.2, 0.25) is 0 Å². The summed E-state index contributed by atoms with van der Waals surface area (Å²) in [5, 5.41) is 3.49. The fraction of sp³-hybridized carbons (Fsp3) is 1.00. The summed E-state index contributed by atoms with van der Waals surface area (Å²) in [6.07, 6.45) is 5.43. The van der Waals surface area contributed by atoms with Crippen molar-refractivity contribution >= 4 is 0 Å². The monoisotopic (exact) mass is 241 g/mol. The van der Waals surface area contributed by atoms with E-state index in [1.165, 1.54) is 51.9 Å². The van der Waals surface area contributed by atoms with Gasteiger partial charge in [0.2, 0.25) is 0 Å². The van der Waals surface area contributed by atoms with Crippen LogP contribution in [-0.4, -0.2) is 62.2 Å². The van der Waals surface area contributed by atoms with E-state index in [1.807, 2.05) is 0 Å². The van der Waals surface area contributed by atoms with Crippen molar-refractivity contribution in [1.82, 2.24) is 15.1 Å². The van der Waals surface area contributed by atoms with Crippen molar-refractivity contribution in [2.24, 2.45) is 0 Å². The molecule has 0 saturated carbocycles. The maximum atomic E-state index is 3.49. The number of hydrogen-bond donors (Lipinski definition) is 1. The van der Waals surface area contributed by atoms with Gasteiger partial charge in [0.25, 0.3) is 0 Å². The van der Waals surface area contributed by atoms with Crippen molar-refractivity contribution in [2.45, 2.75) is 51.6 Å². The standard InChI is InChI=1S/C14H31N3/c1-13(2)15-9-5-6-10-17-11-7-8-14(17)12-16(3)4/h13-15H,5-12H2,1-4H3. The van der Waals surface area contributed by atoms with Crippen LogP contribution in [0.3, 0.4) is 0 Å². The van der Waals surface area contributed by atoms with E-state index < -0.39 is 0 Å². The maximum absolute atomic E-state index is 3.49. The summed E-state index contributed by atoms with van der Waals surface area (Å²) < 4.78 is 0. The van der Waals surface area contributed by atoms with Gasteiger partial charge in [-0.3, -0.25) is 4.90 Å². The molecule has 3 heteroatoms. The number of likely N-dealkylation sites (tertiary alicyclic amines) is 1. The summed E-state index contributed by atoms with van der Waals surface area (Å²) in [6.45, 7) is 9.43. The Bertz CT molecular complexity index is 192. The highest BCUT2D eigenvalue weighted by Crippen LogP contribution is 2.18. The molecule has 1 rings (SSSR count). The Balaban J connectivity index is 2.09. The molecule has 3 nitrogen and oxygen atoms in total. The zero-order valence-corrected chi connectivity index (χ0v) is 12.2. The summed E-state index contributed by atoms with van der Waals surface area (Å²) in [7, 11) is 4.37. The van der Waals surface area contributed by atoms with Gasteiger partial charge in [0.1, 0.15) is 0 Å². The van der Waals surface area contributed by atoms with Gasteiger partial charge in [0.15, 0.2) is 0 Å². The lowest BCUT2D eigenvalue weighted by atomic mass is 10.2. The van der Waals surface area contributed by atoms with Crippen LogP contribution in [0.25, 0.3) is 0 Å². The van der Waals surface area contributed by atoms with Gasteiger partial charge >= 0.3 is 0 Å². The second-order valence-corrected chi connectivity index (χ2v) is 5.91. The molecule has 0 aliphatic carbocycles. The first-order valence-electron chi connectivity index (χ1n) is 7.21. The third kappa shape index (κ3) is 6.39. The first-order chi connectivity index (χ1) is 8.09. The minimum absolute atomic E-state index is 0.628. The van der Waals surface area contributed by atoms with Gasteiger partial charge in [-0.15, -0.1) is 0 Å². The Labute approximate surface area is 108 Å². The molecule has 17 heavy (non-hydrogen) atoms. The Morgan fingerprint density at radius 1 is 1.29 bits per heavy atom. The largest absolute Gasteiger partial charge is 0.315 e. The third-order valence-corrected chi connectivity index (χ3v) is 3.50. The topological polar surface area (TPSA) is 18.5 Å². The molecule has 102 valence electrons. The molecule has 0 bridgehead atoms. The molecular weight excluding hydrogens is 210 g/mol. The lowest BCUT2D eigenvalue weighted by molar-refractivity contribution is 0.204. The molecule has 1 aliphatic rings. The quantitative estimate of drug-likeness (QED) is 0.654. The minimum atomic E-state index is 0.628. The second-order valence-electron chi connectivity index (χ2n) is 5.91. The number of nitrogens with zero attached hydrogens (tertiary/aromatic N) is 2. The number of rotatable bonds is 8. The molecule has 0 aromatic rings. The van der Waals surface area contributed by atoms with Crippen LogP contribution >= 0.6 is 0 Å². The SMILES string of the molecule is CC(C)NCCCCN1CCCC1CN(C)C. The van der Waals surface area contributed by atoms with E-state index in [0.29, 0.717) is 6.04 Å². The fourth-order valence-electron chi connectivity index (χ4n) is 2.65. The average molecular weight is 241 g/mol. The van der Waals surface area contributed by atoms with E-state index >= 15 is 0 Å². The van der Waals surface area contributed by atoms with Crippen molar-refractivity contribution in [1.29, 1.82) is 0 Å². The predicted octanol–water partition coefficient (Wildman–Crippen LogP) is 1.79. The van der Waals surface area contributed by atoms with Gasteiger partial charge in [0, 0.05) is 18.6 Å². The van der Waals surface area contributed by atoms with Crippen molar-refractivity contribution in [2.75, 3.05) is 40.3 Å². The fourth-order valence-corrected chi connectivity index (χ4v) is 2.65. The van der Waals surface area contributed by atoms with Crippen LogP contribution in [0.1, 0.15) is 39.5 Å². The highest BCUT2D eigenvalue weighted by molar-refractivity contribution is 4.80. The van der Waals surface area contributed by atoms with E-state index in [9.17, 15) is 0 Å². The van der Waals surface area contributed by atoms with Gasteiger partial charge in [-0.25, -0.2) is 0 Å². The lowest BCUT2D eigenvalue weighted by Crippen LogP contribution is -2.38. The molecule has 1 aliphatic heterocycles. The zero-order valence-electron chi connectivity index (χ0n) is 12.2. The van der Waals surface area contributed by atoms with Crippen LogP contribution < -0.4 is 5.32 Å². The Kier molecular flexibility index (Phi) is 7.09. The van der Waals surface area contributed by atoms with E-state index in [-0.39, 0.29) is 0 Å². The number of likely N-dealkylation sites (N-methyl/N-ethyl adjacent to an activating group) is 1. The van der Waals surface area contributed by atoms with Crippen LogP contribution in [0.5, 0.6) is 0 Å². The van der Waals surface area contributed by atoms with E-state index in [4.69, 9.17) is 0 Å². The smallest absolute Gasteiger partial charge is 0.0223 e. The van der Waals surface area contributed by atoms with Crippen LogP contribution in [0, 0.1) is 0 Å². The first-order valence-corrected chi connectivity index (χ1v) is 7.21. The Hall–Kier alpha value is -0.120. The van der Waals surface area contributed by atoms with Gasteiger partial charge in [0.05, 0.1) is 0 Å². The molecule has 0 radical (unpaired) electrons. The summed E-state index contributed by atoms with van der Waals surface area (Å²) in [6, 6.07) is 1.44. The molecule has 0 spiro atoms. The molecule has 1 N–H and O–H groups in total. The second kappa shape index (κ2) is 8.06. The van der Waals surface area contributed by atoms with Gasteiger partial charge in [-0.1, -0.05) is 13.8 Å². The minimum Gasteiger partial charge on any atom is -0.315 e. The van der Waals surface area contributed by atoms with Gasteiger partial charge in [-0.05, 0) is 59.4 Å². The molecular formula is C14H31N3. The Morgan fingerprint density at radius 3 is 2.71 bits per heavy atom. The lowest BCUT2D eigenvalue weighted by Gasteiger charge is -2.27. The van der Waals surface area contributed by atoms with Crippen LogP contribution in [-0.2, 0) is 0 Å². The maximum Gasteiger partial charge on any atom is 0.0223 e. The average Bonchev–Trinajstić information content (AvgIpc) is 2.64. The van der Waals surface area contributed by atoms with E-state index in [2.05, 4.69) is 43.1 Å². The van der Waals surface area contributed by atoms with Crippen molar-refractivity contribution in [3.8, 4) is 0 Å². The molecule has 0 amide bonds. The highest BCUT2D eigenvalue weighted by atomic mass is 15.2. The van der Waals surface area contributed by atoms with Crippen molar-refractivity contribution < 1.29 is 0 Å². The highest BCUT2D eigenvalue weighted by Gasteiger charge is 2.23. The first kappa shape index (κ1) is 14.9. The van der Waals surface area contributed by atoms with Crippen LogP contribution in [0.15, 0.2) is 0 Å². The van der Waals surface area contributed by atoms with Gasteiger partial charge < -0.3 is 10.2 Å². The zero-order chi connectivity index (χ0) is 12.7. The summed E-state index contributed by atoms with van der Waals surface area (Å²) in [5.41, 5.74) is 0. The summed E-state index contributed by atoms with van der Waals surface area (Å²) in [4.78, 5) is 5.01. The molecule has 1 atom stereocenters.